The maximum atomic E-state index is 11.1. The summed E-state index contributed by atoms with van der Waals surface area (Å²) >= 11 is 0. The third-order valence-corrected chi connectivity index (χ3v) is 1.45. The van der Waals surface area contributed by atoms with Gasteiger partial charge < -0.3 is 9.47 Å². The highest BCUT2D eigenvalue weighted by Crippen LogP contribution is 2.00. The molecule has 15 heavy (non-hydrogen) atoms. The first kappa shape index (κ1) is 13.4. The van der Waals surface area contributed by atoms with Crippen LogP contribution in [0.1, 0.15) is 20.3 Å². The molecule has 0 rings (SSSR count). The summed E-state index contributed by atoms with van der Waals surface area (Å²) in [5.74, 6) is -1.73. The van der Waals surface area contributed by atoms with Gasteiger partial charge in [-0.3, -0.25) is 9.59 Å². The van der Waals surface area contributed by atoms with Crippen LogP contribution < -0.4 is 0 Å². The Kier molecular flexibility index (Phi) is 6.01. The summed E-state index contributed by atoms with van der Waals surface area (Å²) in [5.41, 5.74) is 0. The first-order valence-corrected chi connectivity index (χ1v) is 4.40. The van der Waals surface area contributed by atoms with E-state index in [4.69, 9.17) is 4.74 Å². The molecule has 0 aromatic rings. The number of ether oxygens (including phenoxy) is 2. The second-order valence-corrected chi connectivity index (χ2v) is 2.84. The van der Waals surface area contributed by atoms with Gasteiger partial charge in [-0.2, -0.15) is 0 Å². The highest BCUT2D eigenvalue weighted by atomic mass is 16.6. The fourth-order valence-corrected chi connectivity index (χ4v) is 0.843. The number of carbonyl (C=O) groups is 3. The van der Waals surface area contributed by atoms with E-state index in [9.17, 15) is 14.4 Å². The molecule has 0 N–H and O–H groups in total. The van der Waals surface area contributed by atoms with Crippen LogP contribution in [-0.4, -0.2) is 30.9 Å². The zero-order valence-electron chi connectivity index (χ0n) is 8.98. The third kappa shape index (κ3) is 5.61. The molecule has 0 aromatic carbocycles. The molecule has 1 atom stereocenters. The smallest absolute Gasteiger partial charge is 0.351 e. The summed E-state index contributed by atoms with van der Waals surface area (Å²) in [5, 5.41) is 0. The van der Waals surface area contributed by atoms with Crippen LogP contribution in [0.4, 0.5) is 0 Å². The first-order valence-electron chi connectivity index (χ1n) is 4.40. The van der Waals surface area contributed by atoms with E-state index in [1.165, 1.54) is 20.1 Å². The molecule has 0 bridgehead atoms. The number of hydrogen-bond donors (Lipinski definition) is 0. The fraction of sp³-hybridized carbons (Fsp3) is 0.500. The van der Waals surface area contributed by atoms with Gasteiger partial charge >= 0.3 is 11.9 Å². The highest BCUT2D eigenvalue weighted by Gasteiger charge is 2.20. The lowest BCUT2D eigenvalue weighted by molar-refractivity contribution is -0.163. The van der Waals surface area contributed by atoms with Crippen molar-refractivity contribution >= 4 is 17.7 Å². The quantitative estimate of drug-likeness (QED) is 0.381. The topological polar surface area (TPSA) is 69.7 Å². The Balaban J connectivity index is 4.35. The summed E-state index contributed by atoms with van der Waals surface area (Å²) < 4.78 is 9.15. The number of Topliss-reactive ketones (excluding diaryl/α,β-unsaturated/α-hetero) is 1. The van der Waals surface area contributed by atoms with Gasteiger partial charge in [0.15, 0.2) is 0 Å². The highest BCUT2D eigenvalue weighted by molar-refractivity contribution is 5.95. The average Bonchev–Trinajstić information content (AvgIpc) is 2.14. The van der Waals surface area contributed by atoms with Gasteiger partial charge in [0.1, 0.15) is 12.2 Å². The molecule has 84 valence electrons. The fourth-order valence-electron chi connectivity index (χ4n) is 0.843. The van der Waals surface area contributed by atoms with Crippen molar-refractivity contribution in [1.82, 2.24) is 0 Å². The van der Waals surface area contributed by atoms with Crippen LogP contribution >= 0.6 is 0 Å². The number of hydrogen-bond acceptors (Lipinski definition) is 5. The minimum Gasteiger partial charge on any atom is -0.466 e. The summed E-state index contributed by atoms with van der Waals surface area (Å²) in [6.07, 6.45) is 1.52. The van der Waals surface area contributed by atoms with Crippen LogP contribution in [0, 0.1) is 0 Å². The van der Waals surface area contributed by atoms with E-state index in [-0.39, 0.29) is 12.2 Å². The Morgan fingerprint density at radius 1 is 1.33 bits per heavy atom. The van der Waals surface area contributed by atoms with Crippen molar-refractivity contribution in [3.8, 4) is 0 Å². The Labute approximate surface area is 88.0 Å². The molecule has 0 spiro atoms. The zero-order chi connectivity index (χ0) is 11.8. The minimum atomic E-state index is -1.08. The van der Waals surface area contributed by atoms with Gasteiger partial charge in [-0.05, 0) is 19.9 Å². The molecule has 5 heteroatoms. The van der Waals surface area contributed by atoms with Gasteiger partial charge in [0.25, 0.3) is 0 Å². The molecule has 0 saturated carbocycles. The van der Waals surface area contributed by atoms with Crippen LogP contribution in [0.15, 0.2) is 12.2 Å². The number of esters is 2. The monoisotopic (exact) mass is 214 g/mol. The minimum absolute atomic E-state index is 0.316. The SMILES string of the molecule is C/C=C/[C@@H](OC(=O)CC(C)=O)C(=O)OC. The van der Waals surface area contributed by atoms with Crippen molar-refractivity contribution < 1.29 is 23.9 Å². The van der Waals surface area contributed by atoms with E-state index in [2.05, 4.69) is 4.74 Å². The average molecular weight is 214 g/mol. The van der Waals surface area contributed by atoms with E-state index < -0.39 is 18.0 Å². The van der Waals surface area contributed by atoms with Crippen LogP contribution in [0.25, 0.3) is 0 Å². The largest absolute Gasteiger partial charge is 0.466 e. The summed E-state index contributed by atoms with van der Waals surface area (Å²) in [7, 11) is 1.19. The molecule has 0 unspecified atom stereocenters. The first-order chi connectivity index (χ1) is 7.01. The van der Waals surface area contributed by atoms with Crippen molar-refractivity contribution in [2.24, 2.45) is 0 Å². The van der Waals surface area contributed by atoms with E-state index in [0.29, 0.717) is 0 Å². The molecule has 0 fully saturated rings. The van der Waals surface area contributed by atoms with Crippen molar-refractivity contribution in [3.63, 3.8) is 0 Å². The van der Waals surface area contributed by atoms with E-state index in [1.54, 1.807) is 13.0 Å². The molecule has 0 heterocycles. The summed E-state index contributed by atoms with van der Waals surface area (Å²) in [6, 6.07) is 0. The number of allylic oxidation sites excluding steroid dienone is 1. The molecule has 0 amide bonds. The molecule has 0 aromatic heterocycles. The zero-order valence-corrected chi connectivity index (χ0v) is 8.98. The lowest BCUT2D eigenvalue weighted by atomic mass is 10.3. The predicted molar refractivity (Wildman–Crippen MR) is 52.0 cm³/mol. The second kappa shape index (κ2) is 6.75. The summed E-state index contributed by atoms with van der Waals surface area (Å²) in [4.78, 5) is 32.8. The maximum absolute atomic E-state index is 11.1. The third-order valence-electron chi connectivity index (χ3n) is 1.45. The van der Waals surface area contributed by atoms with Crippen LogP contribution in [0.3, 0.4) is 0 Å². The van der Waals surface area contributed by atoms with E-state index in [0.717, 1.165) is 0 Å². The van der Waals surface area contributed by atoms with Gasteiger partial charge in [0.05, 0.1) is 7.11 Å². The molecule has 0 aliphatic heterocycles. The van der Waals surface area contributed by atoms with Gasteiger partial charge in [-0.15, -0.1) is 0 Å². The van der Waals surface area contributed by atoms with Gasteiger partial charge in [-0.25, -0.2) is 4.79 Å². The van der Waals surface area contributed by atoms with Gasteiger partial charge in [0, 0.05) is 0 Å². The molecule has 0 aliphatic carbocycles. The number of methoxy groups -OCH3 is 1. The summed E-state index contributed by atoms with van der Waals surface area (Å²) in [6.45, 7) is 2.94. The Hall–Kier alpha value is -1.65. The Bertz CT molecular complexity index is 280. The molecule has 0 radical (unpaired) electrons. The lowest BCUT2D eigenvalue weighted by Gasteiger charge is -2.11. The second-order valence-electron chi connectivity index (χ2n) is 2.84. The standard InChI is InChI=1S/C10H14O5/c1-4-5-8(10(13)14-3)15-9(12)6-7(2)11/h4-5,8H,6H2,1-3H3/b5-4+/t8-/m1/s1. The van der Waals surface area contributed by atoms with Crippen LogP contribution in [0.5, 0.6) is 0 Å². The number of rotatable bonds is 5. The van der Waals surface area contributed by atoms with Crippen LogP contribution in [0.2, 0.25) is 0 Å². The maximum Gasteiger partial charge on any atom is 0.351 e. The number of carbonyl (C=O) groups excluding carboxylic acids is 3. The van der Waals surface area contributed by atoms with E-state index in [1.807, 2.05) is 0 Å². The Morgan fingerprint density at radius 3 is 2.33 bits per heavy atom. The van der Waals surface area contributed by atoms with E-state index >= 15 is 0 Å². The molecular formula is C10H14O5. The normalized spacial score (nSPS) is 12.2. The predicted octanol–water partition coefficient (Wildman–Crippen LogP) is 0.626. The van der Waals surface area contributed by atoms with Gasteiger partial charge in [0.2, 0.25) is 6.10 Å². The lowest BCUT2D eigenvalue weighted by Crippen LogP contribution is -2.27. The van der Waals surface area contributed by atoms with Crippen molar-refractivity contribution in [1.29, 1.82) is 0 Å². The van der Waals surface area contributed by atoms with Gasteiger partial charge in [-0.1, -0.05) is 6.08 Å². The molecule has 0 saturated heterocycles. The molecule has 5 nitrogen and oxygen atoms in total. The molecule has 0 aliphatic rings. The van der Waals surface area contributed by atoms with Crippen LogP contribution in [-0.2, 0) is 23.9 Å². The molecular weight excluding hydrogens is 200 g/mol. The van der Waals surface area contributed by atoms with Crippen molar-refractivity contribution in [3.05, 3.63) is 12.2 Å². The van der Waals surface area contributed by atoms with Crippen molar-refractivity contribution in [2.45, 2.75) is 26.4 Å². The van der Waals surface area contributed by atoms with Crippen molar-refractivity contribution in [2.75, 3.05) is 7.11 Å². The number of ketones is 1. The Morgan fingerprint density at radius 2 is 1.93 bits per heavy atom.